The SMILES string of the molecule is Cn1ccc(C(N)C2CCCC(S(C)(=O)=O)C2)n1. The highest BCUT2D eigenvalue weighted by atomic mass is 32.2. The third-order valence-electron chi connectivity index (χ3n) is 3.86. The highest BCUT2D eigenvalue weighted by Crippen LogP contribution is 2.34. The summed E-state index contributed by atoms with van der Waals surface area (Å²) in [4.78, 5) is 0. The van der Waals surface area contributed by atoms with E-state index in [-0.39, 0.29) is 17.2 Å². The van der Waals surface area contributed by atoms with Gasteiger partial charge >= 0.3 is 0 Å². The summed E-state index contributed by atoms with van der Waals surface area (Å²) in [5.41, 5.74) is 7.08. The monoisotopic (exact) mass is 271 g/mol. The molecule has 0 saturated heterocycles. The first-order valence-corrected chi connectivity index (χ1v) is 8.27. The molecule has 2 N–H and O–H groups in total. The first-order chi connectivity index (χ1) is 8.38. The second-order valence-corrected chi connectivity index (χ2v) is 7.64. The van der Waals surface area contributed by atoms with Crippen molar-refractivity contribution < 1.29 is 8.42 Å². The van der Waals surface area contributed by atoms with Gasteiger partial charge in [0.25, 0.3) is 0 Å². The summed E-state index contributed by atoms with van der Waals surface area (Å²) in [5.74, 6) is 0.216. The smallest absolute Gasteiger partial charge is 0.150 e. The number of nitrogens with two attached hydrogens (primary N) is 1. The summed E-state index contributed by atoms with van der Waals surface area (Å²) < 4.78 is 25.0. The molecule has 1 heterocycles. The largest absolute Gasteiger partial charge is 0.322 e. The maximum absolute atomic E-state index is 11.6. The van der Waals surface area contributed by atoms with Gasteiger partial charge in [-0.1, -0.05) is 6.42 Å². The predicted octanol–water partition coefficient (Wildman–Crippen LogP) is 1.02. The number of rotatable bonds is 3. The Hall–Kier alpha value is -0.880. The highest BCUT2D eigenvalue weighted by molar-refractivity contribution is 7.91. The number of aryl methyl sites for hydroxylation is 1. The van der Waals surface area contributed by atoms with Crippen LogP contribution in [0.25, 0.3) is 0 Å². The molecule has 0 bridgehead atoms. The van der Waals surface area contributed by atoms with Crippen molar-refractivity contribution in [3.8, 4) is 0 Å². The molecule has 3 unspecified atom stereocenters. The molecule has 1 fully saturated rings. The van der Waals surface area contributed by atoms with E-state index in [0.717, 1.165) is 25.0 Å². The van der Waals surface area contributed by atoms with E-state index in [9.17, 15) is 8.42 Å². The normalized spacial score (nSPS) is 27.1. The number of aromatic nitrogens is 2. The molecule has 3 atom stereocenters. The Morgan fingerprint density at radius 2 is 2.22 bits per heavy atom. The van der Waals surface area contributed by atoms with Gasteiger partial charge in [-0.05, 0) is 31.2 Å². The van der Waals surface area contributed by atoms with Crippen LogP contribution in [0.2, 0.25) is 0 Å². The van der Waals surface area contributed by atoms with Crippen molar-refractivity contribution in [2.24, 2.45) is 18.7 Å². The number of nitrogens with zero attached hydrogens (tertiary/aromatic N) is 2. The standard InChI is InChI=1S/C12H21N3O2S/c1-15-7-6-11(14-15)12(13)9-4-3-5-10(8-9)18(2,16)17/h6-7,9-10,12H,3-5,8,13H2,1-2H3. The number of sulfone groups is 1. The van der Waals surface area contributed by atoms with Crippen LogP contribution in [0.15, 0.2) is 12.3 Å². The lowest BCUT2D eigenvalue weighted by atomic mass is 9.83. The van der Waals surface area contributed by atoms with Gasteiger partial charge in [-0.15, -0.1) is 0 Å². The molecule has 5 nitrogen and oxygen atoms in total. The molecule has 6 heteroatoms. The Labute approximate surface area is 108 Å². The van der Waals surface area contributed by atoms with E-state index >= 15 is 0 Å². The minimum absolute atomic E-state index is 0.157. The molecule has 1 aromatic heterocycles. The minimum Gasteiger partial charge on any atom is -0.322 e. The van der Waals surface area contributed by atoms with Crippen molar-refractivity contribution in [3.05, 3.63) is 18.0 Å². The highest BCUT2D eigenvalue weighted by Gasteiger charge is 2.32. The fourth-order valence-electron chi connectivity index (χ4n) is 2.75. The molecule has 0 aromatic carbocycles. The van der Waals surface area contributed by atoms with Crippen molar-refractivity contribution in [2.75, 3.05) is 6.26 Å². The van der Waals surface area contributed by atoms with Crippen molar-refractivity contribution in [3.63, 3.8) is 0 Å². The summed E-state index contributed by atoms with van der Waals surface area (Å²) in [6.07, 6.45) is 6.55. The second-order valence-electron chi connectivity index (χ2n) is 5.32. The van der Waals surface area contributed by atoms with Gasteiger partial charge in [0, 0.05) is 19.5 Å². The van der Waals surface area contributed by atoms with E-state index in [1.807, 2.05) is 19.3 Å². The predicted molar refractivity (Wildman–Crippen MR) is 70.7 cm³/mol. The average Bonchev–Trinajstić information content (AvgIpc) is 2.74. The van der Waals surface area contributed by atoms with Crippen molar-refractivity contribution in [2.45, 2.75) is 37.0 Å². The van der Waals surface area contributed by atoms with Crippen LogP contribution >= 0.6 is 0 Å². The van der Waals surface area contributed by atoms with E-state index in [4.69, 9.17) is 5.73 Å². The van der Waals surface area contributed by atoms with Gasteiger partial charge in [-0.3, -0.25) is 4.68 Å². The summed E-state index contributed by atoms with van der Waals surface area (Å²) in [6.45, 7) is 0. The molecule has 0 aliphatic heterocycles. The average molecular weight is 271 g/mol. The number of hydrogen-bond acceptors (Lipinski definition) is 4. The van der Waals surface area contributed by atoms with Gasteiger partial charge in [0.15, 0.2) is 0 Å². The summed E-state index contributed by atoms with van der Waals surface area (Å²) in [6, 6.07) is 1.75. The zero-order valence-electron chi connectivity index (χ0n) is 10.9. The van der Waals surface area contributed by atoms with Crippen LogP contribution in [0, 0.1) is 5.92 Å². The van der Waals surface area contributed by atoms with Crippen LogP contribution in [0.3, 0.4) is 0 Å². The molecule has 1 aliphatic rings. The lowest BCUT2D eigenvalue weighted by Gasteiger charge is -2.31. The molecule has 1 aromatic rings. The third-order valence-corrected chi connectivity index (χ3v) is 5.49. The summed E-state index contributed by atoms with van der Waals surface area (Å²) in [7, 11) is -1.09. The Bertz CT molecular complexity index is 509. The quantitative estimate of drug-likeness (QED) is 0.890. The third kappa shape index (κ3) is 2.92. The van der Waals surface area contributed by atoms with Gasteiger partial charge in [-0.25, -0.2) is 8.42 Å². The molecule has 0 amide bonds. The summed E-state index contributed by atoms with van der Waals surface area (Å²) >= 11 is 0. The maximum atomic E-state index is 11.6. The van der Waals surface area contributed by atoms with Crippen LogP contribution in [0.1, 0.15) is 37.4 Å². The van der Waals surface area contributed by atoms with Gasteiger partial charge in [0.05, 0.1) is 17.0 Å². The Morgan fingerprint density at radius 3 is 2.78 bits per heavy atom. The maximum Gasteiger partial charge on any atom is 0.150 e. The second kappa shape index (κ2) is 5.01. The van der Waals surface area contributed by atoms with Crippen LogP contribution in [0.5, 0.6) is 0 Å². The molecule has 1 saturated carbocycles. The van der Waals surface area contributed by atoms with E-state index in [2.05, 4.69) is 5.10 Å². The Kier molecular flexibility index (Phi) is 3.77. The lowest BCUT2D eigenvalue weighted by Crippen LogP contribution is -2.33. The number of hydrogen-bond donors (Lipinski definition) is 1. The molecule has 2 rings (SSSR count). The Balaban J connectivity index is 2.09. The first kappa shape index (κ1) is 13.5. The van der Waals surface area contributed by atoms with Crippen LogP contribution in [0.4, 0.5) is 0 Å². The van der Waals surface area contributed by atoms with E-state index in [0.29, 0.717) is 6.42 Å². The molecule has 0 spiro atoms. The van der Waals surface area contributed by atoms with Crippen molar-refractivity contribution in [1.29, 1.82) is 0 Å². The molecule has 0 radical (unpaired) electrons. The van der Waals surface area contributed by atoms with Crippen molar-refractivity contribution in [1.82, 2.24) is 9.78 Å². The van der Waals surface area contributed by atoms with Gasteiger partial charge in [0.1, 0.15) is 9.84 Å². The fourth-order valence-corrected chi connectivity index (χ4v) is 3.94. The zero-order valence-corrected chi connectivity index (χ0v) is 11.7. The van der Waals surface area contributed by atoms with Gasteiger partial charge in [0.2, 0.25) is 0 Å². The fraction of sp³-hybridized carbons (Fsp3) is 0.750. The van der Waals surface area contributed by atoms with Crippen LogP contribution < -0.4 is 5.73 Å². The minimum atomic E-state index is -2.95. The van der Waals surface area contributed by atoms with Gasteiger partial charge in [-0.2, -0.15) is 5.10 Å². The first-order valence-electron chi connectivity index (χ1n) is 6.32. The molecule has 1 aliphatic carbocycles. The van der Waals surface area contributed by atoms with E-state index in [1.54, 1.807) is 4.68 Å². The summed E-state index contributed by atoms with van der Waals surface area (Å²) in [5, 5.41) is 4.08. The van der Waals surface area contributed by atoms with E-state index < -0.39 is 9.84 Å². The van der Waals surface area contributed by atoms with Crippen molar-refractivity contribution >= 4 is 9.84 Å². The molecule has 102 valence electrons. The Morgan fingerprint density at radius 1 is 1.50 bits per heavy atom. The molecule has 18 heavy (non-hydrogen) atoms. The topological polar surface area (TPSA) is 78.0 Å². The van der Waals surface area contributed by atoms with Gasteiger partial charge < -0.3 is 5.73 Å². The van der Waals surface area contributed by atoms with E-state index in [1.165, 1.54) is 6.26 Å². The zero-order chi connectivity index (χ0) is 13.3. The molecular formula is C12H21N3O2S. The molecular weight excluding hydrogens is 250 g/mol. The lowest BCUT2D eigenvalue weighted by molar-refractivity contribution is 0.304. The van der Waals surface area contributed by atoms with Crippen LogP contribution in [-0.2, 0) is 16.9 Å². The van der Waals surface area contributed by atoms with Crippen LogP contribution in [-0.4, -0.2) is 29.7 Å².